The first kappa shape index (κ1) is 21.8. The molecule has 8 nitrogen and oxygen atoms in total. The summed E-state index contributed by atoms with van der Waals surface area (Å²) >= 11 is 1.48. The molecule has 2 aromatic carbocycles. The minimum absolute atomic E-state index is 0.220. The summed E-state index contributed by atoms with van der Waals surface area (Å²) in [5, 5.41) is 2.31. The van der Waals surface area contributed by atoms with Gasteiger partial charge in [-0.15, -0.1) is 0 Å². The van der Waals surface area contributed by atoms with Gasteiger partial charge in [-0.3, -0.25) is 14.8 Å². The lowest BCUT2D eigenvalue weighted by Crippen LogP contribution is -2.36. The molecule has 164 valence electrons. The number of para-hydroxylation sites is 1. The lowest BCUT2D eigenvalue weighted by atomic mass is 10.2. The van der Waals surface area contributed by atoms with Gasteiger partial charge in [-0.1, -0.05) is 30.0 Å². The van der Waals surface area contributed by atoms with E-state index in [0.29, 0.717) is 23.6 Å². The third-order valence-electron chi connectivity index (χ3n) is 4.64. The largest absolute Gasteiger partial charge is 0.494 e. The molecule has 0 aliphatic carbocycles. The van der Waals surface area contributed by atoms with Crippen LogP contribution in [-0.4, -0.2) is 57.4 Å². The molecule has 1 amide bonds. The minimum atomic E-state index is -0.347. The van der Waals surface area contributed by atoms with Crippen LogP contribution in [0.4, 0.5) is 0 Å². The van der Waals surface area contributed by atoms with Crippen molar-refractivity contribution < 1.29 is 9.53 Å². The van der Waals surface area contributed by atoms with Gasteiger partial charge in [0.05, 0.1) is 6.61 Å². The van der Waals surface area contributed by atoms with E-state index in [1.807, 2.05) is 72.3 Å². The average molecular weight is 449 g/mol. The van der Waals surface area contributed by atoms with Crippen LogP contribution in [0.25, 0.3) is 28.2 Å². The van der Waals surface area contributed by atoms with Gasteiger partial charge in [0, 0.05) is 25.3 Å². The van der Waals surface area contributed by atoms with Crippen molar-refractivity contribution in [2.24, 2.45) is 0 Å². The van der Waals surface area contributed by atoms with Crippen LogP contribution in [0.5, 0.6) is 5.75 Å². The molecule has 0 aliphatic heterocycles. The van der Waals surface area contributed by atoms with Gasteiger partial charge in [-0.05, 0) is 49.6 Å². The number of benzene rings is 2. The second kappa shape index (κ2) is 9.37. The first-order valence-corrected chi connectivity index (χ1v) is 11.4. The van der Waals surface area contributed by atoms with Crippen LogP contribution < -0.4 is 10.2 Å². The van der Waals surface area contributed by atoms with Gasteiger partial charge in [0.1, 0.15) is 11.3 Å². The van der Waals surface area contributed by atoms with Gasteiger partial charge in [0.2, 0.25) is 0 Å². The summed E-state index contributed by atoms with van der Waals surface area (Å²) in [5.41, 5.74) is 5.70. The molecule has 0 radical (unpaired) electrons. The van der Waals surface area contributed by atoms with Gasteiger partial charge in [-0.25, -0.2) is 20.0 Å². The Morgan fingerprint density at radius 1 is 1.06 bits per heavy atom. The van der Waals surface area contributed by atoms with E-state index in [0.717, 1.165) is 22.2 Å². The van der Waals surface area contributed by atoms with Gasteiger partial charge >= 0.3 is 0 Å². The maximum absolute atomic E-state index is 13.0. The standard InChI is InChI=1S/C23H24N6O2S/c1-5-31-17-13-11-15(12-14-17)20-24-19(22(30)27-28(2)3)18-21(26-20)29(23(25-18)32-4)16-9-7-6-8-10-16/h6-14H,5H2,1-4H3,(H,27,30). The Bertz CT molecular complexity index is 1240. The number of hydrogen-bond donors (Lipinski definition) is 1. The highest BCUT2D eigenvalue weighted by molar-refractivity contribution is 7.98. The molecule has 0 saturated carbocycles. The van der Waals surface area contributed by atoms with Crippen molar-refractivity contribution in [3.8, 4) is 22.8 Å². The molecular weight excluding hydrogens is 424 g/mol. The molecule has 4 rings (SSSR count). The molecule has 0 saturated heterocycles. The van der Waals surface area contributed by atoms with Crippen LogP contribution in [0.3, 0.4) is 0 Å². The Balaban J connectivity index is 1.96. The number of amides is 1. The molecule has 0 bridgehead atoms. The molecule has 0 spiro atoms. The van der Waals surface area contributed by atoms with Crippen LogP contribution in [0.2, 0.25) is 0 Å². The minimum Gasteiger partial charge on any atom is -0.494 e. The van der Waals surface area contributed by atoms with Crippen LogP contribution in [0.1, 0.15) is 17.4 Å². The number of fused-ring (bicyclic) bond motifs is 1. The monoisotopic (exact) mass is 448 g/mol. The van der Waals surface area contributed by atoms with E-state index in [4.69, 9.17) is 14.7 Å². The van der Waals surface area contributed by atoms with Gasteiger partial charge in [0.15, 0.2) is 22.3 Å². The lowest BCUT2D eigenvalue weighted by Gasteiger charge is -2.13. The molecule has 32 heavy (non-hydrogen) atoms. The zero-order valence-electron chi connectivity index (χ0n) is 18.4. The highest BCUT2D eigenvalue weighted by Crippen LogP contribution is 2.29. The Kier molecular flexibility index (Phi) is 6.38. The summed E-state index contributed by atoms with van der Waals surface area (Å²) in [4.78, 5) is 27.2. The number of carbonyl (C=O) groups excluding carboxylic acids is 1. The van der Waals surface area contributed by atoms with Gasteiger partial charge in [0.25, 0.3) is 5.91 Å². The summed E-state index contributed by atoms with van der Waals surface area (Å²) < 4.78 is 7.49. The topological polar surface area (TPSA) is 85.2 Å². The fourth-order valence-corrected chi connectivity index (χ4v) is 3.85. The average Bonchev–Trinajstić information content (AvgIpc) is 3.18. The Labute approximate surface area is 190 Å². The normalized spacial score (nSPS) is 11.2. The molecule has 1 N–H and O–H groups in total. The number of nitrogens with zero attached hydrogens (tertiary/aromatic N) is 5. The van der Waals surface area contributed by atoms with Crippen LogP contribution >= 0.6 is 11.8 Å². The predicted molar refractivity (Wildman–Crippen MR) is 126 cm³/mol. The van der Waals surface area contributed by atoms with E-state index < -0.39 is 0 Å². The maximum atomic E-state index is 13.0. The molecule has 0 atom stereocenters. The smallest absolute Gasteiger partial charge is 0.286 e. The van der Waals surface area contributed by atoms with Gasteiger partial charge < -0.3 is 4.74 Å². The van der Waals surface area contributed by atoms with Crippen molar-refractivity contribution in [1.82, 2.24) is 30.0 Å². The van der Waals surface area contributed by atoms with Crippen molar-refractivity contribution in [2.45, 2.75) is 12.1 Å². The Morgan fingerprint density at radius 3 is 2.41 bits per heavy atom. The quantitative estimate of drug-likeness (QED) is 0.340. The molecule has 4 aromatic rings. The molecule has 2 heterocycles. The summed E-state index contributed by atoms with van der Waals surface area (Å²) in [6.45, 7) is 2.53. The van der Waals surface area contributed by atoms with E-state index in [2.05, 4.69) is 10.4 Å². The number of hydrazine groups is 1. The van der Waals surface area contributed by atoms with Crippen LogP contribution in [0, 0.1) is 0 Å². The number of rotatable bonds is 7. The van der Waals surface area contributed by atoms with Gasteiger partial charge in [-0.2, -0.15) is 0 Å². The second-order valence-corrected chi connectivity index (χ2v) is 7.90. The Hall–Kier alpha value is -3.43. The number of nitrogens with one attached hydrogen (secondary N) is 1. The summed E-state index contributed by atoms with van der Waals surface area (Å²) in [5.74, 6) is 0.857. The third kappa shape index (κ3) is 4.30. The van der Waals surface area contributed by atoms with Crippen molar-refractivity contribution in [2.75, 3.05) is 27.0 Å². The zero-order chi connectivity index (χ0) is 22.7. The number of ether oxygens (including phenoxy) is 1. The first-order chi connectivity index (χ1) is 15.5. The van der Waals surface area contributed by atoms with Crippen molar-refractivity contribution in [3.05, 3.63) is 60.3 Å². The highest BCUT2D eigenvalue weighted by atomic mass is 32.2. The van der Waals surface area contributed by atoms with Crippen molar-refractivity contribution in [1.29, 1.82) is 0 Å². The van der Waals surface area contributed by atoms with E-state index in [1.165, 1.54) is 11.8 Å². The summed E-state index contributed by atoms with van der Waals surface area (Å²) in [6, 6.07) is 17.4. The van der Waals surface area contributed by atoms with Crippen LogP contribution in [0.15, 0.2) is 59.8 Å². The molecule has 0 fully saturated rings. The fourth-order valence-electron chi connectivity index (χ4n) is 3.30. The number of imidazole rings is 1. The molecule has 0 unspecified atom stereocenters. The van der Waals surface area contributed by atoms with E-state index >= 15 is 0 Å². The predicted octanol–water partition coefficient (Wildman–Crippen LogP) is 3.81. The first-order valence-electron chi connectivity index (χ1n) is 10.1. The third-order valence-corrected chi connectivity index (χ3v) is 5.28. The van der Waals surface area contributed by atoms with Crippen LogP contribution in [-0.2, 0) is 0 Å². The van der Waals surface area contributed by atoms with E-state index in [1.54, 1.807) is 19.1 Å². The Morgan fingerprint density at radius 2 is 1.78 bits per heavy atom. The highest BCUT2D eigenvalue weighted by Gasteiger charge is 2.23. The summed E-state index contributed by atoms with van der Waals surface area (Å²) in [7, 11) is 3.50. The summed E-state index contributed by atoms with van der Waals surface area (Å²) in [6.07, 6.45) is 1.95. The SMILES string of the molecule is CCOc1ccc(-c2nc(C(=O)NN(C)C)c3nc(SC)n(-c4ccccc4)c3n2)cc1. The van der Waals surface area contributed by atoms with Crippen molar-refractivity contribution in [3.63, 3.8) is 0 Å². The number of hydrogen-bond acceptors (Lipinski definition) is 7. The number of thioether (sulfide) groups is 1. The van der Waals surface area contributed by atoms with Crippen molar-refractivity contribution >= 4 is 28.8 Å². The van der Waals surface area contributed by atoms with E-state index in [-0.39, 0.29) is 11.6 Å². The molecular formula is C23H24N6O2S. The molecule has 9 heteroatoms. The molecule has 0 aliphatic rings. The number of aromatic nitrogens is 4. The lowest BCUT2D eigenvalue weighted by molar-refractivity contribution is 0.0853. The zero-order valence-corrected chi connectivity index (χ0v) is 19.2. The second-order valence-electron chi connectivity index (χ2n) is 7.13. The fraction of sp³-hybridized carbons (Fsp3) is 0.217. The number of carbonyl (C=O) groups is 1. The van der Waals surface area contributed by atoms with E-state index in [9.17, 15) is 4.79 Å². The maximum Gasteiger partial charge on any atom is 0.286 e. The molecule has 2 aromatic heterocycles.